The first-order valence-corrected chi connectivity index (χ1v) is 6.95. The van der Waals surface area contributed by atoms with Crippen molar-refractivity contribution in [3.63, 3.8) is 0 Å². The second-order valence-corrected chi connectivity index (χ2v) is 5.33. The van der Waals surface area contributed by atoms with Gasteiger partial charge < -0.3 is 0 Å². The van der Waals surface area contributed by atoms with Gasteiger partial charge in [-0.1, -0.05) is 12.1 Å². The first-order valence-electron chi connectivity index (χ1n) is 6.95. The predicted octanol–water partition coefficient (Wildman–Crippen LogP) is 1.81. The molecule has 0 unspecified atom stereocenters. The molecule has 0 atom stereocenters. The van der Waals surface area contributed by atoms with Crippen molar-refractivity contribution < 1.29 is 13.2 Å². The molecule has 0 saturated heterocycles. The van der Waals surface area contributed by atoms with Gasteiger partial charge in [-0.05, 0) is 18.2 Å². The van der Waals surface area contributed by atoms with Gasteiger partial charge in [0.1, 0.15) is 5.39 Å². The number of hydrogen-bond donors (Lipinski definition) is 1. The Morgan fingerprint density at radius 2 is 2.00 bits per heavy atom. The lowest BCUT2D eigenvalue weighted by Gasteiger charge is -2.18. The predicted molar refractivity (Wildman–Crippen MR) is 79.4 cm³/mol. The zero-order valence-electron chi connectivity index (χ0n) is 12.0. The van der Waals surface area contributed by atoms with Crippen molar-refractivity contribution in [3.8, 4) is 0 Å². The van der Waals surface area contributed by atoms with Crippen LogP contribution in [0.1, 0.15) is 11.1 Å². The van der Waals surface area contributed by atoms with Gasteiger partial charge in [0.15, 0.2) is 5.65 Å². The molecule has 0 radical (unpaired) electrons. The van der Waals surface area contributed by atoms with Crippen LogP contribution in [0.15, 0.2) is 46.1 Å². The van der Waals surface area contributed by atoms with Crippen LogP contribution in [-0.2, 0) is 12.7 Å². The third-order valence-electron chi connectivity index (χ3n) is 3.89. The second-order valence-electron chi connectivity index (χ2n) is 5.33. The molecule has 0 bridgehead atoms. The fraction of sp³-hybridized carbons (Fsp3) is 0.133. The SMILES string of the molecule is O=c1[nH]c(=O)n2c3c1cnn3C(c1cccc(C(F)(F)F)c1)=CC2. The molecule has 0 fully saturated rings. The summed E-state index contributed by atoms with van der Waals surface area (Å²) in [6, 6.07) is 4.82. The van der Waals surface area contributed by atoms with Crippen LogP contribution in [0, 0.1) is 0 Å². The standard InChI is InChI=1S/C15H9F3N4O2/c16-15(17,18)9-3-1-2-8(6-9)11-4-5-21-13-10(7-19-22(11)13)12(23)20-14(21)24/h1-4,6-7H,5H2,(H,20,23,24). The van der Waals surface area contributed by atoms with E-state index < -0.39 is 23.0 Å². The highest BCUT2D eigenvalue weighted by Gasteiger charge is 2.31. The highest BCUT2D eigenvalue weighted by Crippen LogP contribution is 2.32. The number of nitrogens with one attached hydrogen (secondary N) is 1. The minimum atomic E-state index is -4.46. The van der Waals surface area contributed by atoms with E-state index in [-0.39, 0.29) is 17.6 Å². The summed E-state index contributed by atoms with van der Waals surface area (Å²) in [4.78, 5) is 25.9. The molecular weight excluding hydrogens is 325 g/mol. The normalized spacial score (nSPS) is 14.0. The Morgan fingerprint density at radius 1 is 1.21 bits per heavy atom. The summed E-state index contributed by atoms with van der Waals surface area (Å²) in [5.74, 6) is 0. The summed E-state index contributed by atoms with van der Waals surface area (Å²) >= 11 is 0. The van der Waals surface area contributed by atoms with E-state index in [1.54, 1.807) is 6.08 Å². The van der Waals surface area contributed by atoms with Crippen LogP contribution in [0.3, 0.4) is 0 Å². The van der Waals surface area contributed by atoms with E-state index >= 15 is 0 Å². The first kappa shape index (κ1) is 14.5. The highest BCUT2D eigenvalue weighted by atomic mass is 19.4. The average Bonchev–Trinajstić information content (AvgIpc) is 2.97. The molecule has 1 aliphatic rings. The molecule has 3 heterocycles. The molecule has 6 nitrogen and oxygen atoms in total. The maximum Gasteiger partial charge on any atom is 0.416 e. The number of aromatic nitrogens is 4. The number of rotatable bonds is 1. The number of halogens is 3. The summed E-state index contributed by atoms with van der Waals surface area (Å²) in [6.07, 6.45) is -1.58. The molecule has 1 N–H and O–H groups in total. The Kier molecular flexibility index (Phi) is 2.84. The van der Waals surface area contributed by atoms with E-state index in [9.17, 15) is 22.8 Å². The van der Waals surface area contributed by atoms with Gasteiger partial charge in [-0.15, -0.1) is 0 Å². The molecule has 1 aromatic carbocycles. The van der Waals surface area contributed by atoms with Gasteiger partial charge in [-0.2, -0.15) is 18.3 Å². The van der Waals surface area contributed by atoms with Crippen molar-refractivity contribution in [2.45, 2.75) is 12.7 Å². The number of nitrogens with zero attached hydrogens (tertiary/aromatic N) is 3. The zero-order chi connectivity index (χ0) is 17.1. The third kappa shape index (κ3) is 2.01. The number of benzene rings is 1. The van der Waals surface area contributed by atoms with Crippen molar-refractivity contribution >= 4 is 16.7 Å². The van der Waals surface area contributed by atoms with Crippen LogP contribution in [0.2, 0.25) is 0 Å². The maximum absolute atomic E-state index is 12.9. The van der Waals surface area contributed by atoms with Crippen LogP contribution in [0.25, 0.3) is 16.7 Å². The Bertz CT molecular complexity index is 1120. The van der Waals surface area contributed by atoms with Gasteiger partial charge in [0.05, 0.1) is 17.5 Å². The van der Waals surface area contributed by atoms with Crippen LogP contribution in [-0.4, -0.2) is 19.3 Å². The molecule has 9 heteroatoms. The lowest BCUT2D eigenvalue weighted by molar-refractivity contribution is -0.137. The average molecular weight is 334 g/mol. The molecule has 2 aromatic heterocycles. The topological polar surface area (TPSA) is 72.7 Å². The Morgan fingerprint density at radius 3 is 2.75 bits per heavy atom. The highest BCUT2D eigenvalue weighted by molar-refractivity contribution is 5.82. The minimum absolute atomic E-state index is 0.128. The van der Waals surface area contributed by atoms with Crippen molar-refractivity contribution in [1.82, 2.24) is 19.3 Å². The van der Waals surface area contributed by atoms with Gasteiger partial charge >= 0.3 is 11.9 Å². The van der Waals surface area contributed by atoms with E-state index in [1.165, 1.54) is 27.6 Å². The zero-order valence-corrected chi connectivity index (χ0v) is 12.0. The van der Waals surface area contributed by atoms with Gasteiger partial charge in [0.2, 0.25) is 0 Å². The molecule has 0 spiro atoms. The first-order chi connectivity index (χ1) is 11.4. The number of H-pyrrole nitrogens is 1. The minimum Gasteiger partial charge on any atom is -0.273 e. The van der Waals surface area contributed by atoms with Crippen LogP contribution in [0.5, 0.6) is 0 Å². The summed E-state index contributed by atoms with van der Waals surface area (Å²) < 4.78 is 41.4. The molecule has 1 aliphatic heterocycles. The van der Waals surface area contributed by atoms with Crippen LogP contribution in [0.4, 0.5) is 13.2 Å². The molecule has 0 aliphatic carbocycles. The van der Waals surface area contributed by atoms with Gasteiger partial charge in [-0.3, -0.25) is 14.3 Å². The monoisotopic (exact) mass is 334 g/mol. The number of hydrogen-bond acceptors (Lipinski definition) is 3. The third-order valence-corrected chi connectivity index (χ3v) is 3.89. The fourth-order valence-electron chi connectivity index (χ4n) is 2.79. The van der Waals surface area contributed by atoms with Crippen molar-refractivity contribution in [2.75, 3.05) is 0 Å². The van der Waals surface area contributed by atoms with Crippen molar-refractivity contribution in [2.24, 2.45) is 0 Å². The number of alkyl halides is 3. The van der Waals surface area contributed by atoms with Gasteiger partial charge in [0, 0.05) is 12.1 Å². The maximum atomic E-state index is 12.9. The van der Waals surface area contributed by atoms with E-state index in [4.69, 9.17) is 0 Å². The molecular formula is C15H9F3N4O2. The van der Waals surface area contributed by atoms with Crippen molar-refractivity contribution in [1.29, 1.82) is 0 Å². The van der Waals surface area contributed by atoms with E-state index in [1.807, 2.05) is 0 Å². The molecule has 24 heavy (non-hydrogen) atoms. The molecule has 3 aromatic rings. The molecule has 122 valence electrons. The van der Waals surface area contributed by atoms with E-state index in [2.05, 4.69) is 10.1 Å². The lowest BCUT2D eigenvalue weighted by atomic mass is 10.1. The Labute approximate surface area is 131 Å². The summed E-state index contributed by atoms with van der Waals surface area (Å²) in [6.45, 7) is 0.128. The quantitative estimate of drug-likeness (QED) is 0.738. The fourth-order valence-corrected chi connectivity index (χ4v) is 2.79. The van der Waals surface area contributed by atoms with E-state index in [0.29, 0.717) is 11.3 Å². The van der Waals surface area contributed by atoms with Gasteiger partial charge in [0.25, 0.3) is 5.56 Å². The summed E-state index contributed by atoms with van der Waals surface area (Å²) in [5.41, 5.74) is -0.997. The Balaban J connectivity index is 1.95. The number of aromatic amines is 1. The largest absolute Gasteiger partial charge is 0.416 e. The van der Waals surface area contributed by atoms with Crippen LogP contribution >= 0.6 is 0 Å². The molecule has 0 saturated carbocycles. The number of allylic oxidation sites excluding steroid dienone is 1. The lowest BCUT2D eigenvalue weighted by Crippen LogP contribution is -2.32. The van der Waals surface area contributed by atoms with Crippen molar-refractivity contribution in [3.05, 3.63) is 68.5 Å². The molecule has 0 amide bonds. The van der Waals surface area contributed by atoms with Gasteiger partial charge in [-0.25, -0.2) is 9.48 Å². The summed E-state index contributed by atoms with van der Waals surface area (Å²) in [7, 11) is 0. The summed E-state index contributed by atoms with van der Waals surface area (Å²) in [5, 5.41) is 4.27. The van der Waals surface area contributed by atoms with E-state index in [0.717, 1.165) is 12.1 Å². The second kappa shape index (κ2) is 4.70. The van der Waals surface area contributed by atoms with Crippen LogP contribution < -0.4 is 11.2 Å². The Hall–Kier alpha value is -3.10. The smallest absolute Gasteiger partial charge is 0.273 e. The molecule has 4 rings (SSSR count).